The highest BCUT2D eigenvalue weighted by Gasteiger charge is 2.16. The SMILES string of the molecule is CC(Oc1ccc2[nH]nc(-c3cnn(CCCS(C)(=O)=O)c3)c2c1)c1cc(Cl)cc2nccnc12. The van der Waals surface area contributed by atoms with Gasteiger partial charge in [0.2, 0.25) is 0 Å². The summed E-state index contributed by atoms with van der Waals surface area (Å²) in [5.74, 6) is 0.796. The third-order valence-electron chi connectivity index (χ3n) is 5.66. The van der Waals surface area contributed by atoms with Crippen molar-refractivity contribution >= 4 is 43.4 Å². The van der Waals surface area contributed by atoms with Crippen LogP contribution >= 0.6 is 11.6 Å². The van der Waals surface area contributed by atoms with Gasteiger partial charge in [-0.15, -0.1) is 0 Å². The third-order valence-corrected chi connectivity index (χ3v) is 6.91. The maximum Gasteiger partial charge on any atom is 0.147 e. The minimum atomic E-state index is -3.00. The van der Waals surface area contributed by atoms with Gasteiger partial charge in [0, 0.05) is 52.9 Å². The quantitative estimate of drug-likeness (QED) is 0.324. The standard InChI is InChI=1S/C24H23ClN6O3S/c1-15(19-10-17(25)11-22-24(19)27-7-6-26-22)34-18-4-5-21-20(12-18)23(30-29-21)16-13-28-31(14-16)8-3-9-35(2,32)33/h4-7,10-15H,3,8-9H2,1-2H3,(H,29,30). The number of nitrogens with zero attached hydrogens (tertiary/aromatic N) is 5. The van der Waals surface area contributed by atoms with Crippen LogP contribution in [0.3, 0.4) is 0 Å². The van der Waals surface area contributed by atoms with Gasteiger partial charge in [0.1, 0.15) is 27.4 Å². The number of H-pyrrole nitrogens is 1. The van der Waals surface area contributed by atoms with E-state index in [0.29, 0.717) is 29.3 Å². The number of sulfone groups is 1. The second kappa shape index (κ2) is 9.27. The van der Waals surface area contributed by atoms with Crippen LogP contribution in [0.5, 0.6) is 5.75 Å². The summed E-state index contributed by atoms with van der Waals surface area (Å²) in [7, 11) is -3.00. The van der Waals surface area contributed by atoms with Gasteiger partial charge >= 0.3 is 0 Å². The second-order valence-electron chi connectivity index (χ2n) is 8.43. The number of benzene rings is 2. The molecule has 1 atom stereocenters. The Morgan fingerprint density at radius 3 is 2.83 bits per heavy atom. The molecule has 9 nitrogen and oxygen atoms in total. The first kappa shape index (κ1) is 23.3. The fourth-order valence-corrected chi connectivity index (χ4v) is 4.90. The maximum atomic E-state index is 11.4. The molecular weight excluding hydrogens is 488 g/mol. The first-order valence-electron chi connectivity index (χ1n) is 11.0. The monoisotopic (exact) mass is 510 g/mol. The summed E-state index contributed by atoms with van der Waals surface area (Å²) >= 11 is 6.31. The van der Waals surface area contributed by atoms with Crippen LogP contribution in [-0.2, 0) is 16.4 Å². The number of aromatic nitrogens is 6. The molecule has 0 saturated heterocycles. The van der Waals surface area contributed by atoms with Gasteiger partial charge < -0.3 is 4.74 Å². The van der Waals surface area contributed by atoms with Gasteiger partial charge in [-0.05, 0) is 43.7 Å². The van der Waals surface area contributed by atoms with Crippen molar-refractivity contribution in [2.75, 3.05) is 12.0 Å². The van der Waals surface area contributed by atoms with Crippen LogP contribution in [0.1, 0.15) is 25.0 Å². The summed E-state index contributed by atoms with van der Waals surface area (Å²) < 4.78 is 30.7. The number of rotatable bonds is 8. The van der Waals surface area contributed by atoms with Crippen molar-refractivity contribution in [3.05, 3.63) is 65.7 Å². The van der Waals surface area contributed by atoms with E-state index in [1.165, 1.54) is 6.26 Å². The molecule has 0 amide bonds. The Morgan fingerprint density at radius 1 is 1.17 bits per heavy atom. The molecule has 0 fully saturated rings. The van der Waals surface area contributed by atoms with Crippen molar-refractivity contribution in [2.45, 2.75) is 26.0 Å². The van der Waals surface area contributed by atoms with Crippen molar-refractivity contribution in [2.24, 2.45) is 0 Å². The average molecular weight is 511 g/mol. The molecule has 0 aliphatic carbocycles. The fraction of sp³-hybridized carbons (Fsp3) is 0.250. The summed E-state index contributed by atoms with van der Waals surface area (Å²) in [5.41, 5.74) is 4.75. The molecule has 3 aromatic heterocycles. The zero-order valence-corrected chi connectivity index (χ0v) is 20.7. The van der Waals surface area contributed by atoms with E-state index in [-0.39, 0.29) is 11.9 Å². The normalized spacial score (nSPS) is 12.9. The van der Waals surface area contributed by atoms with E-state index in [1.807, 2.05) is 37.4 Å². The summed E-state index contributed by atoms with van der Waals surface area (Å²) in [6.07, 6.45) is 8.29. The van der Waals surface area contributed by atoms with Crippen LogP contribution in [0.25, 0.3) is 33.2 Å². The Bertz CT molecular complexity index is 1630. The lowest BCUT2D eigenvalue weighted by Gasteiger charge is -2.17. The number of fused-ring (bicyclic) bond motifs is 2. The number of hydrogen-bond acceptors (Lipinski definition) is 7. The number of halogens is 1. The van der Waals surface area contributed by atoms with Crippen LogP contribution in [-0.4, -0.2) is 50.4 Å². The predicted octanol–water partition coefficient (Wildman–Crippen LogP) is 4.60. The van der Waals surface area contributed by atoms with Gasteiger partial charge in [-0.2, -0.15) is 10.2 Å². The van der Waals surface area contributed by atoms with Crippen molar-refractivity contribution in [1.29, 1.82) is 0 Å². The average Bonchev–Trinajstić information content (AvgIpc) is 3.44. The summed E-state index contributed by atoms with van der Waals surface area (Å²) in [6, 6.07) is 9.37. The zero-order valence-electron chi connectivity index (χ0n) is 19.1. The largest absolute Gasteiger partial charge is 0.486 e. The molecule has 2 aromatic carbocycles. The van der Waals surface area contributed by atoms with Gasteiger partial charge in [-0.3, -0.25) is 19.7 Å². The Labute approximate surface area is 207 Å². The van der Waals surface area contributed by atoms with Crippen molar-refractivity contribution in [1.82, 2.24) is 29.9 Å². The lowest BCUT2D eigenvalue weighted by Crippen LogP contribution is -2.07. The van der Waals surface area contributed by atoms with Crippen molar-refractivity contribution in [3.8, 4) is 17.0 Å². The number of aryl methyl sites for hydroxylation is 1. The minimum absolute atomic E-state index is 0.125. The third kappa shape index (κ3) is 5.13. The zero-order chi connectivity index (χ0) is 24.6. The highest BCUT2D eigenvalue weighted by molar-refractivity contribution is 7.90. The fourth-order valence-electron chi connectivity index (χ4n) is 4.03. The van der Waals surface area contributed by atoms with Crippen LogP contribution in [0.2, 0.25) is 5.02 Å². The highest BCUT2D eigenvalue weighted by atomic mass is 35.5. The van der Waals surface area contributed by atoms with E-state index in [9.17, 15) is 8.42 Å². The molecule has 0 aliphatic heterocycles. The van der Waals surface area contributed by atoms with Gasteiger partial charge in [0.25, 0.3) is 0 Å². The molecule has 180 valence electrons. The highest BCUT2D eigenvalue weighted by Crippen LogP contribution is 2.33. The van der Waals surface area contributed by atoms with Crippen LogP contribution in [0.4, 0.5) is 0 Å². The molecule has 5 aromatic rings. The Hall–Kier alpha value is -3.50. The van der Waals surface area contributed by atoms with Gasteiger partial charge in [-0.25, -0.2) is 8.42 Å². The van der Waals surface area contributed by atoms with Crippen LogP contribution < -0.4 is 4.74 Å². The Kier molecular flexibility index (Phi) is 6.16. The van der Waals surface area contributed by atoms with E-state index < -0.39 is 9.84 Å². The molecule has 35 heavy (non-hydrogen) atoms. The summed E-state index contributed by atoms with van der Waals surface area (Å²) in [5, 5.41) is 13.3. The van der Waals surface area contributed by atoms with Gasteiger partial charge in [-0.1, -0.05) is 11.6 Å². The molecule has 0 saturated carbocycles. The molecule has 0 radical (unpaired) electrons. The molecule has 11 heteroatoms. The first-order chi connectivity index (χ1) is 16.8. The van der Waals surface area contributed by atoms with E-state index in [2.05, 4.69) is 25.3 Å². The van der Waals surface area contributed by atoms with Crippen LogP contribution in [0, 0.1) is 0 Å². The summed E-state index contributed by atoms with van der Waals surface area (Å²) in [4.78, 5) is 8.81. The van der Waals surface area contributed by atoms with Crippen LogP contribution in [0.15, 0.2) is 55.1 Å². The van der Waals surface area contributed by atoms with Crippen molar-refractivity contribution < 1.29 is 13.2 Å². The van der Waals surface area contributed by atoms with E-state index in [0.717, 1.165) is 33.2 Å². The number of ether oxygens (including phenoxy) is 1. The Balaban J connectivity index is 1.40. The molecular formula is C24H23ClN6O3S. The summed E-state index contributed by atoms with van der Waals surface area (Å²) in [6.45, 7) is 2.46. The maximum absolute atomic E-state index is 11.4. The molecule has 1 unspecified atom stereocenters. The molecule has 5 rings (SSSR count). The van der Waals surface area contributed by atoms with E-state index in [1.54, 1.807) is 29.3 Å². The molecule has 3 heterocycles. The molecule has 0 spiro atoms. The van der Waals surface area contributed by atoms with E-state index in [4.69, 9.17) is 16.3 Å². The topological polar surface area (TPSA) is 116 Å². The van der Waals surface area contributed by atoms with E-state index >= 15 is 0 Å². The minimum Gasteiger partial charge on any atom is -0.486 e. The number of nitrogens with one attached hydrogen (secondary N) is 1. The smallest absolute Gasteiger partial charge is 0.147 e. The molecule has 0 aliphatic rings. The lowest BCUT2D eigenvalue weighted by molar-refractivity contribution is 0.228. The number of hydrogen-bond donors (Lipinski definition) is 1. The second-order valence-corrected chi connectivity index (χ2v) is 11.1. The predicted molar refractivity (Wildman–Crippen MR) is 135 cm³/mol. The van der Waals surface area contributed by atoms with Crippen molar-refractivity contribution in [3.63, 3.8) is 0 Å². The lowest BCUT2D eigenvalue weighted by atomic mass is 10.1. The Morgan fingerprint density at radius 2 is 2.00 bits per heavy atom. The first-order valence-corrected chi connectivity index (χ1v) is 13.5. The molecule has 1 N–H and O–H groups in total. The van der Waals surface area contributed by atoms with Gasteiger partial charge in [0.15, 0.2) is 0 Å². The number of aromatic amines is 1. The molecule has 0 bridgehead atoms. The van der Waals surface area contributed by atoms with Gasteiger partial charge in [0.05, 0.1) is 28.5 Å².